The van der Waals surface area contributed by atoms with Crippen LogP contribution in [0.25, 0.3) is 22.2 Å². The summed E-state index contributed by atoms with van der Waals surface area (Å²) in [4.78, 5) is 36.2. The highest BCUT2D eigenvalue weighted by atomic mass is 16.2. The van der Waals surface area contributed by atoms with E-state index in [1.165, 1.54) is 0 Å². The van der Waals surface area contributed by atoms with E-state index < -0.39 is 0 Å². The van der Waals surface area contributed by atoms with Gasteiger partial charge in [-0.2, -0.15) is 0 Å². The molecule has 30 heavy (non-hydrogen) atoms. The third-order valence-electron chi connectivity index (χ3n) is 5.67. The Morgan fingerprint density at radius 1 is 1.10 bits per heavy atom. The van der Waals surface area contributed by atoms with Crippen molar-refractivity contribution in [3.05, 3.63) is 60.4 Å². The largest absolute Gasteiger partial charge is 0.338 e. The van der Waals surface area contributed by atoms with E-state index in [2.05, 4.69) is 29.9 Å². The first-order chi connectivity index (χ1) is 14.5. The predicted octanol–water partition coefficient (Wildman–Crippen LogP) is 4.76. The SMILES string of the molecule is CC(C)CC(=O)[C@H]1CCCN(C(=O)c2ccc(-c3cnc4ccccc4c3)nc2)C1. The van der Waals surface area contributed by atoms with E-state index in [1.54, 1.807) is 11.1 Å². The van der Waals surface area contributed by atoms with Crippen LogP contribution in [0.3, 0.4) is 0 Å². The van der Waals surface area contributed by atoms with Gasteiger partial charge >= 0.3 is 0 Å². The monoisotopic (exact) mass is 401 g/mol. The number of hydrogen-bond donors (Lipinski definition) is 0. The lowest BCUT2D eigenvalue weighted by Gasteiger charge is -2.32. The molecule has 3 aromatic rings. The molecule has 0 radical (unpaired) electrons. The van der Waals surface area contributed by atoms with Crippen LogP contribution in [0, 0.1) is 11.8 Å². The van der Waals surface area contributed by atoms with Crippen molar-refractivity contribution in [3.8, 4) is 11.3 Å². The minimum atomic E-state index is -0.0484. The molecule has 1 amide bonds. The summed E-state index contributed by atoms with van der Waals surface area (Å²) in [5, 5.41) is 1.06. The molecule has 0 bridgehead atoms. The molecule has 154 valence electrons. The summed E-state index contributed by atoms with van der Waals surface area (Å²) in [5.74, 6) is 0.540. The van der Waals surface area contributed by atoms with Crippen LogP contribution in [-0.2, 0) is 4.79 Å². The standard InChI is InChI=1S/C25H27N3O2/c1-17(2)12-24(29)20-7-5-11-28(16-20)25(30)19-9-10-23(26-14-19)21-13-18-6-3-4-8-22(18)27-15-21/h3-4,6,8-10,13-15,17,20H,5,7,11-12,16H2,1-2H3/t20-/m0/s1. The van der Waals surface area contributed by atoms with Crippen LogP contribution >= 0.6 is 0 Å². The highest BCUT2D eigenvalue weighted by molar-refractivity contribution is 5.95. The van der Waals surface area contributed by atoms with Gasteiger partial charge in [-0.1, -0.05) is 32.0 Å². The summed E-state index contributed by atoms with van der Waals surface area (Å²) < 4.78 is 0. The van der Waals surface area contributed by atoms with Gasteiger partial charge in [0.25, 0.3) is 5.91 Å². The van der Waals surface area contributed by atoms with Crippen LogP contribution in [0.15, 0.2) is 54.9 Å². The lowest BCUT2D eigenvalue weighted by Crippen LogP contribution is -2.42. The molecule has 1 aliphatic rings. The van der Waals surface area contributed by atoms with Crippen molar-refractivity contribution in [1.82, 2.24) is 14.9 Å². The van der Waals surface area contributed by atoms with E-state index in [0.29, 0.717) is 31.0 Å². The number of Topliss-reactive ketones (excluding diaryl/α,β-unsaturated/α-hetero) is 1. The summed E-state index contributed by atoms with van der Waals surface area (Å²) in [7, 11) is 0. The molecule has 1 atom stereocenters. The molecule has 0 N–H and O–H groups in total. The molecule has 3 heterocycles. The van der Waals surface area contributed by atoms with Gasteiger partial charge in [-0.3, -0.25) is 19.6 Å². The molecule has 0 spiro atoms. The average molecular weight is 402 g/mol. The van der Waals surface area contributed by atoms with E-state index in [0.717, 1.165) is 35.0 Å². The van der Waals surface area contributed by atoms with Gasteiger partial charge in [0.2, 0.25) is 0 Å². The maximum Gasteiger partial charge on any atom is 0.255 e. The van der Waals surface area contributed by atoms with Crippen molar-refractivity contribution >= 4 is 22.6 Å². The first-order valence-corrected chi connectivity index (χ1v) is 10.6. The summed E-state index contributed by atoms with van der Waals surface area (Å²) in [6.07, 6.45) is 5.77. The molecule has 0 aliphatic carbocycles. The molecule has 1 aromatic carbocycles. The lowest BCUT2D eigenvalue weighted by molar-refractivity contribution is -0.124. The molecule has 1 aliphatic heterocycles. The molecular weight excluding hydrogens is 374 g/mol. The molecule has 0 unspecified atom stereocenters. The van der Waals surface area contributed by atoms with E-state index in [4.69, 9.17) is 0 Å². The van der Waals surface area contributed by atoms with Crippen molar-refractivity contribution in [1.29, 1.82) is 0 Å². The van der Waals surface area contributed by atoms with Gasteiger partial charge in [0.15, 0.2) is 0 Å². The fraction of sp³-hybridized carbons (Fsp3) is 0.360. The Balaban J connectivity index is 1.47. The third-order valence-corrected chi connectivity index (χ3v) is 5.67. The average Bonchev–Trinajstić information content (AvgIpc) is 2.78. The number of nitrogens with zero attached hydrogens (tertiary/aromatic N) is 3. The number of pyridine rings is 2. The molecule has 1 saturated heterocycles. The van der Waals surface area contributed by atoms with E-state index in [1.807, 2.05) is 42.6 Å². The van der Waals surface area contributed by atoms with Gasteiger partial charge in [-0.15, -0.1) is 0 Å². The number of carbonyl (C=O) groups is 2. The zero-order chi connectivity index (χ0) is 21.1. The van der Waals surface area contributed by atoms with Crippen molar-refractivity contribution in [3.63, 3.8) is 0 Å². The molecule has 5 nitrogen and oxygen atoms in total. The lowest BCUT2D eigenvalue weighted by atomic mass is 9.89. The maximum absolute atomic E-state index is 13.0. The quantitative estimate of drug-likeness (QED) is 0.618. The number of likely N-dealkylation sites (tertiary alicyclic amines) is 1. The number of ketones is 1. The highest BCUT2D eigenvalue weighted by Gasteiger charge is 2.29. The second-order valence-electron chi connectivity index (χ2n) is 8.50. The second-order valence-corrected chi connectivity index (χ2v) is 8.50. The Morgan fingerprint density at radius 2 is 1.93 bits per heavy atom. The fourth-order valence-corrected chi connectivity index (χ4v) is 4.08. The Kier molecular flexibility index (Phi) is 5.88. The van der Waals surface area contributed by atoms with Crippen LogP contribution < -0.4 is 0 Å². The van der Waals surface area contributed by atoms with Crippen molar-refractivity contribution in [2.45, 2.75) is 33.1 Å². The van der Waals surface area contributed by atoms with Gasteiger partial charge in [0, 0.05) is 48.8 Å². The zero-order valence-corrected chi connectivity index (χ0v) is 17.5. The Labute approximate surface area is 177 Å². The summed E-state index contributed by atoms with van der Waals surface area (Å²) in [5.41, 5.74) is 3.21. The highest BCUT2D eigenvalue weighted by Crippen LogP contribution is 2.24. The topological polar surface area (TPSA) is 63.2 Å². The minimum Gasteiger partial charge on any atom is -0.338 e. The number of benzene rings is 1. The number of piperidine rings is 1. The van der Waals surface area contributed by atoms with Gasteiger partial charge in [-0.05, 0) is 43.0 Å². The normalized spacial score (nSPS) is 16.8. The molecule has 0 saturated carbocycles. The molecule has 4 rings (SSSR count). The van der Waals surface area contributed by atoms with Crippen LogP contribution in [0.4, 0.5) is 0 Å². The van der Waals surface area contributed by atoms with Crippen LogP contribution in [0.5, 0.6) is 0 Å². The van der Waals surface area contributed by atoms with Gasteiger partial charge in [0.1, 0.15) is 5.78 Å². The smallest absolute Gasteiger partial charge is 0.255 e. The Hall–Kier alpha value is -3.08. The van der Waals surface area contributed by atoms with E-state index in [9.17, 15) is 9.59 Å². The van der Waals surface area contributed by atoms with E-state index in [-0.39, 0.29) is 17.6 Å². The maximum atomic E-state index is 13.0. The number of hydrogen-bond acceptors (Lipinski definition) is 4. The first kappa shape index (κ1) is 20.2. The number of aromatic nitrogens is 2. The van der Waals surface area contributed by atoms with Crippen LogP contribution in [0.2, 0.25) is 0 Å². The minimum absolute atomic E-state index is 0.0407. The van der Waals surface area contributed by atoms with E-state index >= 15 is 0 Å². The van der Waals surface area contributed by atoms with Crippen molar-refractivity contribution in [2.24, 2.45) is 11.8 Å². The number of fused-ring (bicyclic) bond motifs is 1. The molecule has 1 fully saturated rings. The zero-order valence-electron chi connectivity index (χ0n) is 17.5. The van der Waals surface area contributed by atoms with Crippen LogP contribution in [-0.4, -0.2) is 39.6 Å². The third kappa shape index (κ3) is 4.40. The number of carbonyl (C=O) groups excluding carboxylic acids is 2. The molecular formula is C25H27N3O2. The Morgan fingerprint density at radius 3 is 2.70 bits per heavy atom. The van der Waals surface area contributed by atoms with Gasteiger partial charge in [0.05, 0.1) is 16.8 Å². The Bertz CT molecular complexity index is 1060. The predicted molar refractivity (Wildman–Crippen MR) is 118 cm³/mol. The van der Waals surface area contributed by atoms with Crippen LogP contribution in [0.1, 0.15) is 43.5 Å². The van der Waals surface area contributed by atoms with Gasteiger partial charge in [-0.25, -0.2) is 0 Å². The molecule has 2 aromatic heterocycles. The van der Waals surface area contributed by atoms with Crippen molar-refractivity contribution < 1.29 is 9.59 Å². The number of para-hydroxylation sites is 1. The number of amides is 1. The summed E-state index contributed by atoms with van der Waals surface area (Å²) in [6, 6.07) is 13.7. The number of rotatable bonds is 5. The first-order valence-electron chi connectivity index (χ1n) is 10.6. The van der Waals surface area contributed by atoms with Crippen molar-refractivity contribution in [2.75, 3.05) is 13.1 Å². The fourth-order valence-electron chi connectivity index (χ4n) is 4.08. The molecule has 5 heteroatoms. The summed E-state index contributed by atoms with van der Waals surface area (Å²) in [6.45, 7) is 5.32. The van der Waals surface area contributed by atoms with Gasteiger partial charge < -0.3 is 4.90 Å². The second kappa shape index (κ2) is 8.74. The summed E-state index contributed by atoms with van der Waals surface area (Å²) >= 11 is 0.